The molecule has 1 aliphatic carbocycles. The molecule has 1 aliphatic rings. The predicted octanol–water partition coefficient (Wildman–Crippen LogP) is 5.22. The average molecular weight is 404 g/mol. The largest absolute Gasteiger partial charge is 0.508 e. The molecule has 30 heavy (non-hydrogen) atoms. The van der Waals surface area contributed by atoms with Crippen molar-refractivity contribution >= 4 is 5.97 Å². The fourth-order valence-electron chi connectivity index (χ4n) is 3.93. The van der Waals surface area contributed by atoms with Gasteiger partial charge in [0.05, 0.1) is 19.6 Å². The van der Waals surface area contributed by atoms with Gasteiger partial charge in [0.25, 0.3) is 0 Å². The zero-order valence-electron chi connectivity index (χ0n) is 16.6. The van der Waals surface area contributed by atoms with Gasteiger partial charge in [0.15, 0.2) is 0 Å². The van der Waals surface area contributed by atoms with E-state index in [1.807, 2.05) is 48.5 Å². The summed E-state index contributed by atoms with van der Waals surface area (Å²) in [5, 5.41) is 18.8. The summed E-state index contributed by atoms with van der Waals surface area (Å²) in [5.41, 5.74) is 4.28. The molecule has 5 heteroatoms. The van der Waals surface area contributed by atoms with Crippen molar-refractivity contribution in [2.75, 3.05) is 13.2 Å². The maximum atomic E-state index is 11.4. The van der Waals surface area contributed by atoms with E-state index in [2.05, 4.69) is 0 Å². The van der Waals surface area contributed by atoms with E-state index < -0.39 is 5.97 Å². The van der Waals surface area contributed by atoms with Gasteiger partial charge in [-0.2, -0.15) is 0 Å². The van der Waals surface area contributed by atoms with Crippen LogP contribution in [-0.2, 0) is 4.79 Å². The van der Waals surface area contributed by atoms with Gasteiger partial charge < -0.3 is 19.7 Å². The Kier molecular flexibility index (Phi) is 5.89. The summed E-state index contributed by atoms with van der Waals surface area (Å²) in [6.45, 7) is 1.10. The number of rotatable bonds is 9. The van der Waals surface area contributed by atoms with Crippen LogP contribution in [-0.4, -0.2) is 29.4 Å². The van der Waals surface area contributed by atoms with Gasteiger partial charge in [-0.1, -0.05) is 36.4 Å². The van der Waals surface area contributed by atoms with E-state index in [4.69, 9.17) is 9.47 Å². The van der Waals surface area contributed by atoms with Crippen molar-refractivity contribution in [1.82, 2.24) is 0 Å². The van der Waals surface area contributed by atoms with Crippen molar-refractivity contribution in [1.29, 1.82) is 0 Å². The minimum atomic E-state index is -0.805. The summed E-state index contributed by atoms with van der Waals surface area (Å²) >= 11 is 0. The van der Waals surface area contributed by atoms with Gasteiger partial charge in [-0.25, -0.2) is 0 Å². The van der Waals surface area contributed by atoms with Crippen LogP contribution in [0, 0.1) is 0 Å². The highest BCUT2D eigenvalue weighted by Crippen LogP contribution is 2.47. The Morgan fingerprint density at radius 3 is 2.23 bits per heavy atom. The van der Waals surface area contributed by atoms with E-state index in [0.29, 0.717) is 19.0 Å². The summed E-state index contributed by atoms with van der Waals surface area (Å²) < 4.78 is 11.5. The van der Waals surface area contributed by atoms with Crippen LogP contribution in [0.2, 0.25) is 0 Å². The molecule has 0 aromatic heterocycles. The highest BCUT2D eigenvalue weighted by atomic mass is 16.5. The Morgan fingerprint density at radius 2 is 1.50 bits per heavy atom. The number of fused-ring (bicyclic) bond motifs is 3. The third-order valence-corrected chi connectivity index (χ3v) is 5.30. The number of carbonyl (C=O) groups is 1. The number of phenols is 1. The molecule has 2 N–H and O–H groups in total. The second-order valence-corrected chi connectivity index (χ2v) is 7.39. The minimum Gasteiger partial charge on any atom is -0.508 e. The second kappa shape index (κ2) is 8.91. The van der Waals surface area contributed by atoms with Crippen LogP contribution in [0.25, 0.3) is 11.1 Å². The first-order valence-corrected chi connectivity index (χ1v) is 10.1. The van der Waals surface area contributed by atoms with Crippen LogP contribution < -0.4 is 9.47 Å². The lowest BCUT2D eigenvalue weighted by Crippen LogP contribution is -2.06. The van der Waals surface area contributed by atoms with E-state index in [9.17, 15) is 15.0 Å². The smallest absolute Gasteiger partial charge is 0.304 e. The van der Waals surface area contributed by atoms with Crippen molar-refractivity contribution < 1.29 is 24.5 Å². The molecule has 0 amide bonds. The van der Waals surface area contributed by atoms with E-state index in [-0.39, 0.29) is 18.1 Å². The molecule has 1 unspecified atom stereocenters. The number of carboxylic acid groups (broad SMARTS) is 1. The van der Waals surface area contributed by atoms with Crippen LogP contribution in [0.1, 0.15) is 36.3 Å². The molecular weight excluding hydrogens is 380 g/mol. The van der Waals surface area contributed by atoms with Gasteiger partial charge in [-0.3, -0.25) is 4.79 Å². The summed E-state index contributed by atoms with van der Waals surface area (Å²) in [4.78, 5) is 11.4. The van der Waals surface area contributed by atoms with Crippen molar-refractivity contribution in [2.45, 2.75) is 25.2 Å². The molecule has 0 radical (unpaired) electrons. The first-order chi connectivity index (χ1) is 14.6. The van der Waals surface area contributed by atoms with E-state index >= 15 is 0 Å². The lowest BCUT2D eigenvalue weighted by atomic mass is 9.93. The minimum absolute atomic E-state index is 0.0693. The summed E-state index contributed by atoms with van der Waals surface area (Å²) in [6.07, 6.45) is 1.72. The van der Waals surface area contributed by atoms with Gasteiger partial charge in [0.2, 0.25) is 0 Å². The molecule has 4 rings (SSSR count). The van der Waals surface area contributed by atoms with E-state index in [0.717, 1.165) is 40.8 Å². The van der Waals surface area contributed by atoms with Crippen molar-refractivity contribution in [3.8, 4) is 28.4 Å². The molecule has 0 saturated heterocycles. The van der Waals surface area contributed by atoms with E-state index in [1.54, 1.807) is 18.2 Å². The van der Waals surface area contributed by atoms with Gasteiger partial charge in [-0.05, 0) is 59.4 Å². The topological polar surface area (TPSA) is 76.0 Å². The Morgan fingerprint density at radius 1 is 0.800 bits per heavy atom. The molecule has 0 spiro atoms. The predicted molar refractivity (Wildman–Crippen MR) is 114 cm³/mol. The van der Waals surface area contributed by atoms with Gasteiger partial charge in [-0.15, -0.1) is 0 Å². The van der Waals surface area contributed by atoms with Crippen LogP contribution in [0.5, 0.6) is 17.2 Å². The standard InChI is InChI=1S/C25H24O5/c26-17-6-5-7-18(14-17)29-12-3-4-13-30-19-10-11-22-20-8-1-2-9-21(20)24(16-25(27)28)23(22)15-19/h1-2,5-11,14-15,24,26H,3-4,12-13,16H2,(H,27,28). The first kappa shape index (κ1) is 19.8. The molecule has 0 fully saturated rings. The molecule has 5 nitrogen and oxygen atoms in total. The Bertz CT molecular complexity index is 1040. The Hall–Kier alpha value is -3.47. The first-order valence-electron chi connectivity index (χ1n) is 10.1. The van der Waals surface area contributed by atoms with E-state index in [1.165, 1.54) is 0 Å². The van der Waals surface area contributed by atoms with Crippen LogP contribution >= 0.6 is 0 Å². The molecule has 0 bridgehead atoms. The number of carboxylic acids is 1. The van der Waals surface area contributed by atoms with Gasteiger partial charge in [0.1, 0.15) is 17.2 Å². The number of benzene rings is 3. The molecule has 1 atom stereocenters. The van der Waals surface area contributed by atoms with Crippen LogP contribution in [0.15, 0.2) is 66.7 Å². The third kappa shape index (κ3) is 4.40. The SMILES string of the molecule is O=C(O)CC1c2ccccc2-c2ccc(OCCCCOc3cccc(O)c3)cc21. The lowest BCUT2D eigenvalue weighted by molar-refractivity contribution is -0.137. The molecule has 0 saturated carbocycles. The summed E-state index contributed by atoms with van der Waals surface area (Å²) in [7, 11) is 0. The second-order valence-electron chi connectivity index (χ2n) is 7.39. The number of ether oxygens (including phenoxy) is 2. The highest BCUT2D eigenvalue weighted by molar-refractivity contribution is 5.82. The lowest BCUT2D eigenvalue weighted by Gasteiger charge is -2.13. The average Bonchev–Trinajstić information content (AvgIpc) is 3.03. The molecule has 154 valence electrons. The van der Waals surface area contributed by atoms with Gasteiger partial charge >= 0.3 is 5.97 Å². The number of hydrogen-bond donors (Lipinski definition) is 2. The zero-order valence-corrected chi connectivity index (χ0v) is 16.6. The molecule has 3 aromatic carbocycles. The highest BCUT2D eigenvalue weighted by Gasteiger charge is 2.30. The number of unbranched alkanes of at least 4 members (excludes halogenated alkanes) is 1. The Labute approximate surface area is 175 Å². The van der Waals surface area contributed by atoms with Crippen molar-refractivity contribution in [3.05, 3.63) is 77.9 Å². The normalized spacial score (nSPS) is 14.1. The van der Waals surface area contributed by atoms with Gasteiger partial charge in [0, 0.05) is 12.0 Å². The molecular formula is C25H24O5. The summed E-state index contributed by atoms with van der Waals surface area (Å²) in [5.74, 6) is 0.647. The quantitative estimate of drug-likeness (QED) is 0.479. The number of hydrogen-bond acceptors (Lipinski definition) is 4. The number of phenolic OH excluding ortho intramolecular Hbond substituents is 1. The van der Waals surface area contributed by atoms with Crippen LogP contribution in [0.4, 0.5) is 0 Å². The maximum Gasteiger partial charge on any atom is 0.304 e. The fraction of sp³-hybridized carbons (Fsp3) is 0.240. The molecule has 0 aliphatic heterocycles. The number of aliphatic carboxylic acids is 1. The van der Waals surface area contributed by atoms with Crippen LogP contribution in [0.3, 0.4) is 0 Å². The number of aromatic hydroxyl groups is 1. The Balaban J connectivity index is 1.33. The zero-order chi connectivity index (χ0) is 20.9. The monoisotopic (exact) mass is 404 g/mol. The summed E-state index contributed by atoms with van der Waals surface area (Å²) in [6, 6.07) is 20.7. The van der Waals surface area contributed by atoms with Crippen molar-refractivity contribution in [3.63, 3.8) is 0 Å². The van der Waals surface area contributed by atoms with Crippen molar-refractivity contribution in [2.24, 2.45) is 0 Å². The molecule has 0 heterocycles. The maximum absolute atomic E-state index is 11.4. The molecule has 3 aromatic rings. The fourth-order valence-corrected chi connectivity index (χ4v) is 3.93. The third-order valence-electron chi connectivity index (χ3n) is 5.30.